The van der Waals surface area contributed by atoms with Crippen LogP contribution in [0.1, 0.15) is 57.1 Å². The van der Waals surface area contributed by atoms with Crippen LogP contribution >= 0.6 is 0 Å². The van der Waals surface area contributed by atoms with E-state index >= 15 is 0 Å². The molecule has 1 aromatic carbocycles. The first-order valence-electron chi connectivity index (χ1n) is 11.9. The van der Waals surface area contributed by atoms with Crippen molar-refractivity contribution in [1.82, 2.24) is 20.3 Å². The summed E-state index contributed by atoms with van der Waals surface area (Å²) in [5.74, 6) is -1.85. The van der Waals surface area contributed by atoms with Gasteiger partial charge in [0.2, 0.25) is 5.95 Å². The number of anilines is 1. The Kier molecular flexibility index (Phi) is 7.86. The third-order valence-corrected chi connectivity index (χ3v) is 7.71. The molecule has 0 atom stereocenters. The van der Waals surface area contributed by atoms with Crippen LogP contribution in [0.25, 0.3) is 0 Å². The number of amides is 1. The van der Waals surface area contributed by atoms with Gasteiger partial charge >= 0.3 is 12.1 Å². The second-order valence-corrected chi connectivity index (χ2v) is 10.8. The minimum Gasteiger partial charge on any atom is -0.462 e. The maximum atomic E-state index is 13.6. The van der Waals surface area contributed by atoms with Crippen LogP contribution in [0.2, 0.25) is 0 Å². The number of hydrogen-bond acceptors (Lipinski definition) is 9. The Morgan fingerprint density at radius 3 is 2.44 bits per heavy atom. The molecule has 0 unspecified atom stereocenters. The van der Waals surface area contributed by atoms with E-state index in [0.717, 1.165) is 6.20 Å². The second-order valence-electron chi connectivity index (χ2n) is 8.57. The average molecular weight is 564 g/mol. The molecule has 4 rings (SSSR count). The van der Waals surface area contributed by atoms with Gasteiger partial charge in [0, 0.05) is 25.5 Å². The molecule has 206 valence electrons. The molecule has 0 saturated heterocycles. The summed E-state index contributed by atoms with van der Waals surface area (Å²) in [6, 6.07) is 7.79. The number of nitrogens with one attached hydrogen (secondary N) is 1. The van der Waals surface area contributed by atoms with Gasteiger partial charge < -0.3 is 15.0 Å². The summed E-state index contributed by atoms with van der Waals surface area (Å²) in [5, 5.41) is 2.74. The lowest BCUT2D eigenvalue weighted by atomic mass is 10.1. The van der Waals surface area contributed by atoms with Gasteiger partial charge in [0.1, 0.15) is 5.56 Å². The van der Waals surface area contributed by atoms with Gasteiger partial charge in [0.05, 0.1) is 35.1 Å². The van der Waals surface area contributed by atoms with Crippen molar-refractivity contribution in [3.63, 3.8) is 0 Å². The molecule has 0 aliphatic carbocycles. The number of carbonyl (C=O) groups is 2. The Hall–Kier alpha value is -4.07. The van der Waals surface area contributed by atoms with E-state index in [9.17, 15) is 31.2 Å². The fraction of sp³-hybridized carbons (Fsp3) is 0.320. The highest BCUT2D eigenvalue weighted by Gasteiger charge is 2.39. The predicted molar refractivity (Wildman–Crippen MR) is 132 cm³/mol. The Labute approximate surface area is 222 Å². The van der Waals surface area contributed by atoms with Gasteiger partial charge in [-0.15, -0.1) is 0 Å². The molecule has 2 aromatic heterocycles. The van der Waals surface area contributed by atoms with Crippen LogP contribution in [0.3, 0.4) is 0 Å². The van der Waals surface area contributed by atoms with Crippen molar-refractivity contribution in [3.8, 4) is 0 Å². The van der Waals surface area contributed by atoms with E-state index in [1.54, 1.807) is 25.1 Å². The van der Waals surface area contributed by atoms with Gasteiger partial charge in [-0.1, -0.05) is 19.1 Å². The first kappa shape index (κ1) is 28.0. The zero-order valence-corrected chi connectivity index (χ0v) is 21.8. The highest BCUT2D eigenvalue weighted by atomic mass is 32.2. The van der Waals surface area contributed by atoms with Crippen molar-refractivity contribution in [2.45, 2.75) is 44.6 Å². The first-order valence-corrected chi connectivity index (χ1v) is 13.5. The molecule has 0 fully saturated rings. The summed E-state index contributed by atoms with van der Waals surface area (Å²) in [7, 11) is -3.32. The van der Waals surface area contributed by atoms with E-state index in [1.807, 2.05) is 0 Å². The number of hydrogen-bond donors (Lipinski definition) is 1. The molecular weight excluding hydrogens is 539 g/mol. The Bertz CT molecular complexity index is 1510. The standard InChI is InChI=1S/C25H24F3N5O5S/c1-3-38-23(35)19-12-31-24(32-21(19)25(26,27)28)33-13-17-9-16(11-29-20(17)14-33)22(34)30-10-15-5-7-18(8-6-15)39(36,37)4-2/h5-9,11-12H,3-4,10,13-14H2,1-2H3,(H,30,34). The second kappa shape index (κ2) is 11.0. The maximum Gasteiger partial charge on any atom is 0.434 e. The Balaban J connectivity index is 1.45. The van der Waals surface area contributed by atoms with Crippen molar-refractivity contribution in [3.05, 3.63) is 76.4 Å². The molecule has 3 heterocycles. The van der Waals surface area contributed by atoms with E-state index in [4.69, 9.17) is 0 Å². The van der Waals surface area contributed by atoms with E-state index in [1.165, 1.54) is 30.2 Å². The molecule has 0 saturated carbocycles. The topological polar surface area (TPSA) is 131 Å². The van der Waals surface area contributed by atoms with E-state index in [0.29, 0.717) is 16.8 Å². The van der Waals surface area contributed by atoms with Gasteiger partial charge in [0.25, 0.3) is 5.91 Å². The van der Waals surface area contributed by atoms with Gasteiger partial charge in [-0.3, -0.25) is 9.78 Å². The third-order valence-electron chi connectivity index (χ3n) is 5.96. The molecule has 3 aromatic rings. The molecule has 0 bridgehead atoms. The minimum atomic E-state index is -4.90. The summed E-state index contributed by atoms with van der Waals surface area (Å²) in [6.07, 6.45) is -2.75. The van der Waals surface area contributed by atoms with E-state index < -0.39 is 39.1 Å². The monoisotopic (exact) mass is 563 g/mol. The molecule has 14 heteroatoms. The quantitative estimate of drug-likeness (QED) is 0.410. The maximum absolute atomic E-state index is 13.6. The van der Waals surface area contributed by atoms with Gasteiger partial charge in [0.15, 0.2) is 15.5 Å². The summed E-state index contributed by atoms with van der Waals surface area (Å²) >= 11 is 0. The lowest BCUT2D eigenvalue weighted by Crippen LogP contribution is -2.23. The van der Waals surface area contributed by atoms with Gasteiger partial charge in [-0.05, 0) is 36.2 Å². The molecule has 0 radical (unpaired) electrons. The molecular formula is C25H24F3N5O5S. The van der Waals surface area contributed by atoms with Crippen LogP contribution < -0.4 is 10.2 Å². The molecule has 0 spiro atoms. The Morgan fingerprint density at radius 2 is 1.79 bits per heavy atom. The van der Waals surface area contributed by atoms with Crippen molar-refractivity contribution >= 4 is 27.7 Å². The number of benzene rings is 1. The van der Waals surface area contributed by atoms with E-state index in [2.05, 4.69) is 25.0 Å². The average Bonchev–Trinajstić information content (AvgIpc) is 3.35. The number of carbonyl (C=O) groups excluding carboxylic acids is 2. The number of fused-ring (bicyclic) bond motifs is 1. The van der Waals surface area contributed by atoms with Crippen LogP contribution in [-0.2, 0) is 40.4 Å². The summed E-state index contributed by atoms with van der Waals surface area (Å²) in [5.41, 5.74) is -0.0639. The van der Waals surface area contributed by atoms with Crippen molar-refractivity contribution in [2.75, 3.05) is 17.3 Å². The van der Waals surface area contributed by atoms with Crippen LogP contribution in [0, 0.1) is 0 Å². The zero-order chi connectivity index (χ0) is 28.4. The van der Waals surface area contributed by atoms with Gasteiger partial charge in [-0.25, -0.2) is 23.2 Å². The molecule has 1 aliphatic rings. The number of esters is 1. The SMILES string of the molecule is CCOC(=O)c1cnc(N2Cc3cc(C(=O)NCc4ccc(S(=O)(=O)CC)cc4)cnc3C2)nc1C(F)(F)F. The molecule has 10 nitrogen and oxygen atoms in total. The predicted octanol–water partition coefficient (Wildman–Crippen LogP) is 3.31. The number of halogens is 3. The summed E-state index contributed by atoms with van der Waals surface area (Å²) < 4.78 is 69.4. The molecule has 1 amide bonds. The van der Waals surface area contributed by atoms with Crippen LogP contribution in [0.4, 0.5) is 19.1 Å². The largest absolute Gasteiger partial charge is 0.462 e. The Morgan fingerprint density at radius 1 is 1.08 bits per heavy atom. The molecule has 39 heavy (non-hydrogen) atoms. The highest BCUT2D eigenvalue weighted by molar-refractivity contribution is 7.91. The van der Waals surface area contributed by atoms with E-state index in [-0.39, 0.29) is 48.4 Å². The number of sulfone groups is 1. The number of alkyl halides is 3. The number of aromatic nitrogens is 3. The van der Waals surface area contributed by atoms with Crippen LogP contribution in [0.15, 0.2) is 47.6 Å². The van der Waals surface area contributed by atoms with Crippen molar-refractivity contribution < 1.29 is 35.9 Å². The van der Waals surface area contributed by atoms with Crippen molar-refractivity contribution in [2.24, 2.45) is 0 Å². The van der Waals surface area contributed by atoms with Crippen molar-refractivity contribution in [1.29, 1.82) is 0 Å². The summed E-state index contributed by atoms with van der Waals surface area (Å²) in [6.45, 7) is 3.30. The highest BCUT2D eigenvalue weighted by Crippen LogP contribution is 2.33. The first-order chi connectivity index (χ1) is 18.4. The lowest BCUT2D eigenvalue weighted by Gasteiger charge is -2.18. The normalized spacial score (nSPS) is 13.2. The third kappa shape index (κ3) is 6.16. The number of nitrogens with zero attached hydrogens (tertiary/aromatic N) is 4. The van der Waals surface area contributed by atoms with Gasteiger partial charge in [-0.2, -0.15) is 13.2 Å². The number of ether oxygens (including phenoxy) is 1. The molecule has 1 N–H and O–H groups in total. The van der Waals surface area contributed by atoms with Crippen LogP contribution in [0.5, 0.6) is 0 Å². The molecule has 1 aliphatic heterocycles. The summed E-state index contributed by atoms with van der Waals surface area (Å²) in [4.78, 5) is 38.1. The fourth-order valence-corrected chi connectivity index (χ4v) is 4.77. The zero-order valence-electron chi connectivity index (χ0n) is 20.9. The number of pyridine rings is 1. The lowest BCUT2D eigenvalue weighted by molar-refractivity contribution is -0.141. The minimum absolute atomic E-state index is 0.0135. The van der Waals surface area contributed by atoms with Crippen LogP contribution in [-0.4, -0.2) is 47.6 Å². The smallest absolute Gasteiger partial charge is 0.434 e. The number of rotatable bonds is 8. The fourth-order valence-electron chi connectivity index (χ4n) is 3.89.